The highest BCUT2D eigenvalue weighted by Crippen LogP contribution is 2.21. The second kappa shape index (κ2) is 9.77. The van der Waals surface area contributed by atoms with Crippen LogP contribution in [0.15, 0.2) is 48.5 Å². The Morgan fingerprint density at radius 3 is 2.04 bits per heavy atom. The number of amides is 2. The predicted octanol–water partition coefficient (Wildman–Crippen LogP) is 1.25. The summed E-state index contributed by atoms with van der Waals surface area (Å²) in [6.07, 6.45) is 0. The van der Waals surface area contributed by atoms with Crippen LogP contribution in [0.1, 0.15) is 15.9 Å². The van der Waals surface area contributed by atoms with E-state index in [1.54, 1.807) is 31.4 Å². The fourth-order valence-corrected chi connectivity index (χ4v) is 2.85. The van der Waals surface area contributed by atoms with Gasteiger partial charge in [-0.2, -0.15) is 0 Å². The van der Waals surface area contributed by atoms with Gasteiger partial charge in [-0.05, 0) is 28.8 Å². The molecule has 2 aromatic rings. The standard InChI is InChI=1S/C21H24N2O5/c1-22-20(26)19(18(25)12-24)23(2)21(27)17-10-8-16(9-11-17)15-6-4-14(5-7-15)13-28-3/h4-11,19,24H,12-13H2,1-3H3,(H,22,26). The molecule has 0 spiro atoms. The smallest absolute Gasteiger partial charge is 0.254 e. The van der Waals surface area contributed by atoms with E-state index in [0.717, 1.165) is 21.6 Å². The number of likely N-dealkylation sites (N-methyl/N-ethyl adjacent to an activating group) is 2. The lowest BCUT2D eigenvalue weighted by atomic mass is 10.0. The molecule has 0 radical (unpaired) electrons. The zero-order valence-corrected chi connectivity index (χ0v) is 16.1. The van der Waals surface area contributed by atoms with Crippen molar-refractivity contribution in [2.75, 3.05) is 27.8 Å². The number of nitrogens with zero attached hydrogens (tertiary/aromatic N) is 1. The van der Waals surface area contributed by atoms with Crippen LogP contribution < -0.4 is 5.32 Å². The third-order valence-electron chi connectivity index (χ3n) is 4.39. The lowest BCUT2D eigenvalue weighted by Crippen LogP contribution is -2.52. The van der Waals surface area contributed by atoms with Gasteiger partial charge in [0.2, 0.25) is 5.91 Å². The number of ether oxygens (including phenoxy) is 1. The van der Waals surface area contributed by atoms with Crippen molar-refractivity contribution >= 4 is 17.6 Å². The summed E-state index contributed by atoms with van der Waals surface area (Å²) in [6, 6.07) is 13.4. The second-order valence-corrected chi connectivity index (χ2v) is 6.26. The molecule has 0 aromatic heterocycles. The summed E-state index contributed by atoms with van der Waals surface area (Å²) in [5.74, 6) is -1.89. The summed E-state index contributed by atoms with van der Waals surface area (Å²) >= 11 is 0. The Hall–Kier alpha value is -3.03. The quantitative estimate of drug-likeness (QED) is 0.668. The minimum Gasteiger partial charge on any atom is -0.388 e. The molecule has 0 heterocycles. The highest BCUT2D eigenvalue weighted by Gasteiger charge is 2.32. The van der Waals surface area contributed by atoms with Gasteiger partial charge in [0, 0.05) is 26.8 Å². The molecule has 0 fully saturated rings. The first-order valence-corrected chi connectivity index (χ1v) is 8.73. The highest BCUT2D eigenvalue weighted by molar-refractivity contribution is 6.10. The second-order valence-electron chi connectivity index (χ2n) is 6.26. The average Bonchev–Trinajstić information content (AvgIpc) is 2.73. The van der Waals surface area contributed by atoms with Crippen LogP contribution >= 0.6 is 0 Å². The maximum atomic E-state index is 12.7. The van der Waals surface area contributed by atoms with Gasteiger partial charge in [0.25, 0.3) is 5.91 Å². The lowest BCUT2D eigenvalue weighted by molar-refractivity contribution is -0.135. The number of nitrogens with one attached hydrogen (secondary N) is 1. The van der Waals surface area contributed by atoms with E-state index in [2.05, 4.69) is 5.32 Å². The molecule has 0 aliphatic heterocycles. The SMILES string of the molecule is CNC(=O)C(C(=O)CO)N(C)C(=O)c1ccc(-c2ccc(COC)cc2)cc1. The lowest BCUT2D eigenvalue weighted by Gasteiger charge is -2.25. The van der Waals surface area contributed by atoms with Crippen LogP contribution in [0.5, 0.6) is 0 Å². The minimum atomic E-state index is -1.38. The number of Topliss-reactive ketones (excluding diaryl/α,β-unsaturated/α-hetero) is 1. The summed E-state index contributed by atoms with van der Waals surface area (Å²) in [5.41, 5.74) is 3.32. The van der Waals surface area contributed by atoms with E-state index in [4.69, 9.17) is 9.84 Å². The van der Waals surface area contributed by atoms with Crippen LogP contribution in [0.25, 0.3) is 11.1 Å². The minimum absolute atomic E-state index is 0.335. The van der Waals surface area contributed by atoms with Gasteiger partial charge < -0.3 is 20.1 Å². The topological polar surface area (TPSA) is 95.9 Å². The van der Waals surface area contributed by atoms with Crippen LogP contribution in [0.2, 0.25) is 0 Å². The molecule has 148 valence electrons. The number of hydrogen-bond donors (Lipinski definition) is 2. The summed E-state index contributed by atoms with van der Waals surface area (Å²) < 4.78 is 5.10. The van der Waals surface area contributed by atoms with Gasteiger partial charge in [0.15, 0.2) is 11.8 Å². The van der Waals surface area contributed by atoms with Crippen molar-refractivity contribution in [1.82, 2.24) is 10.2 Å². The molecule has 0 saturated heterocycles. The number of methoxy groups -OCH3 is 1. The van der Waals surface area contributed by atoms with Gasteiger partial charge in [-0.3, -0.25) is 14.4 Å². The zero-order chi connectivity index (χ0) is 20.7. The fourth-order valence-electron chi connectivity index (χ4n) is 2.85. The van der Waals surface area contributed by atoms with Gasteiger partial charge in [-0.1, -0.05) is 36.4 Å². The number of carbonyl (C=O) groups excluding carboxylic acids is 3. The number of ketones is 1. The molecule has 0 bridgehead atoms. The number of aliphatic hydroxyl groups excluding tert-OH is 1. The molecule has 1 unspecified atom stereocenters. The van der Waals surface area contributed by atoms with Crippen molar-refractivity contribution in [2.24, 2.45) is 0 Å². The first-order chi connectivity index (χ1) is 13.4. The summed E-state index contributed by atoms with van der Waals surface area (Å²) in [5, 5.41) is 11.4. The molecule has 28 heavy (non-hydrogen) atoms. The van der Waals surface area contributed by atoms with Gasteiger partial charge in [0.1, 0.15) is 6.61 Å². The Kier molecular flexibility index (Phi) is 7.43. The first-order valence-electron chi connectivity index (χ1n) is 8.73. The monoisotopic (exact) mass is 384 g/mol. The van der Waals surface area contributed by atoms with Crippen LogP contribution in [-0.4, -0.2) is 61.5 Å². The summed E-state index contributed by atoms with van der Waals surface area (Å²) in [6.45, 7) is -0.285. The molecule has 0 saturated carbocycles. The Morgan fingerprint density at radius 1 is 1.04 bits per heavy atom. The average molecular weight is 384 g/mol. The molecule has 7 nitrogen and oxygen atoms in total. The van der Waals surface area contributed by atoms with Crippen molar-refractivity contribution < 1.29 is 24.2 Å². The molecular weight excluding hydrogens is 360 g/mol. The Morgan fingerprint density at radius 2 is 1.57 bits per heavy atom. The third-order valence-corrected chi connectivity index (χ3v) is 4.39. The van der Waals surface area contributed by atoms with Crippen LogP contribution in [0.4, 0.5) is 0 Å². The van der Waals surface area contributed by atoms with E-state index in [9.17, 15) is 14.4 Å². The Bertz CT molecular complexity index is 815. The Balaban J connectivity index is 2.20. The summed E-state index contributed by atoms with van der Waals surface area (Å²) in [7, 11) is 4.37. The van der Waals surface area contributed by atoms with Gasteiger partial charge in [0.05, 0.1) is 6.61 Å². The van der Waals surface area contributed by atoms with Crippen molar-refractivity contribution in [2.45, 2.75) is 12.6 Å². The van der Waals surface area contributed by atoms with E-state index in [-0.39, 0.29) is 0 Å². The molecule has 2 amide bonds. The van der Waals surface area contributed by atoms with Crippen LogP contribution in [-0.2, 0) is 20.9 Å². The Labute approximate surface area is 163 Å². The fraction of sp³-hybridized carbons (Fsp3) is 0.286. The van der Waals surface area contributed by atoms with E-state index in [0.29, 0.717) is 12.2 Å². The summed E-state index contributed by atoms with van der Waals surface area (Å²) in [4.78, 5) is 37.6. The molecule has 7 heteroatoms. The number of benzene rings is 2. The number of aliphatic hydroxyl groups is 1. The number of rotatable bonds is 8. The van der Waals surface area contributed by atoms with Crippen molar-refractivity contribution in [3.63, 3.8) is 0 Å². The van der Waals surface area contributed by atoms with Crippen LogP contribution in [0, 0.1) is 0 Å². The largest absolute Gasteiger partial charge is 0.388 e. The highest BCUT2D eigenvalue weighted by atomic mass is 16.5. The molecule has 2 N–H and O–H groups in total. The van der Waals surface area contributed by atoms with E-state index < -0.39 is 30.2 Å². The molecule has 2 aromatic carbocycles. The maximum Gasteiger partial charge on any atom is 0.254 e. The maximum absolute atomic E-state index is 12.7. The van der Waals surface area contributed by atoms with Crippen molar-refractivity contribution in [1.29, 1.82) is 0 Å². The predicted molar refractivity (Wildman–Crippen MR) is 105 cm³/mol. The van der Waals surface area contributed by atoms with E-state index in [1.807, 2.05) is 24.3 Å². The van der Waals surface area contributed by atoms with Gasteiger partial charge in [-0.25, -0.2) is 0 Å². The van der Waals surface area contributed by atoms with E-state index in [1.165, 1.54) is 14.1 Å². The van der Waals surface area contributed by atoms with Gasteiger partial charge in [-0.15, -0.1) is 0 Å². The van der Waals surface area contributed by atoms with Crippen molar-refractivity contribution in [3.05, 3.63) is 59.7 Å². The third kappa shape index (κ3) is 4.82. The normalized spacial score (nSPS) is 11.6. The van der Waals surface area contributed by atoms with Gasteiger partial charge >= 0.3 is 0 Å². The van der Waals surface area contributed by atoms with Crippen molar-refractivity contribution in [3.8, 4) is 11.1 Å². The molecule has 2 rings (SSSR count). The molecule has 0 aliphatic carbocycles. The molecular formula is C21H24N2O5. The first kappa shape index (κ1) is 21.3. The number of carbonyl (C=O) groups is 3. The zero-order valence-electron chi connectivity index (χ0n) is 16.1. The van der Waals surface area contributed by atoms with Crippen LogP contribution in [0.3, 0.4) is 0 Å². The molecule has 0 aliphatic rings. The molecule has 1 atom stereocenters. The number of hydrogen-bond acceptors (Lipinski definition) is 5. The van der Waals surface area contributed by atoms with E-state index >= 15 is 0 Å².